The molecule has 0 aliphatic heterocycles. The molecule has 1 atom stereocenters. The summed E-state index contributed by atoms with van der Waals surface area (Å²) in [6.45, 7) is 0. The molecule has 3 rings (SSSR count). The first-order valence-corrected chi connectivity index (χ1v) is 9.11. The number of hydrogen-bond acceptors (Lipinski definition) is 5. The van der Waals surface area contributed by atoms with E-state index in [0.29, 0.717) is 27.4 Å². The molecule has 0 N–H and O–H groups in total. The van der Waals surface area contributed by atoms with Gasteiger partial charge in [0.05, 0.1) is 34.2 Å². The van der Waals surface area contributed by atoms with Crippen molar-refractivity contribution in [3.05, 3.63) is 60.3 Å². The number of pyridine rings is 1. The van der Waals surface area contributed by atoms with E-state index >= 15 is 0 Å². The average Bonchev–Trinajstić information content (AvgIpc) is 2.61. The van der Waals surface area contributed by atoms with E-state index in [4.69, 9.17) is 10.00 Å². The average molecular weight is 337 g/mol. The molecule has 24 heavy (non-hydrogen) atoms. The summed E-state index contributed by atoms with van der Waals surface area (Å²) in [4.78, 5) is 4.90. The van der Waals surface area contributed by atoms with Crippen LogP contribution in [0.15, 0.2) is 64.0 Å². The summed E-state index contributed by atoms with van der Waals surface area (Å²) in [5.74, 6) is 0.644. The number of para-hydroxylation sites is 1. The number of ether oxygens (including phenoxy) is 1. The molecule has 1 heterocycles. The summed E-state index contributed by atoms with van der Waals surface area (Å²) in [6.07, 6.45) is 3.21. The van der Waals surface area contributed by atoms with Crippen LogP contribution in [0.4, 0.5) is 5.69 Å². The monoisotopic (exact) mass is 337 g/mol. The quantitative estimate of drug-likeness (QED) is 0.726. The number of nitriles is 1. The second kappa shape index (κ2) is 6.30. The van der Waals surface area contributed by atoms with Crippen LogP contribution < -0.4 is 4.74 Å². The summed E-state index contributed by atoms with van der Waals surface area (Å²) in [6, 6.07) is 16.0. The van der Waals surface area contributed by atoms with Crippen LogP contribution >= 0.6 is 0 Å². The minimum atomic E-state index is -2.65. The highest BCUT2D eigenvalue weighted by Gasteiger charge is 2.10. The van der Waals surface area contributed by atoms with E-state index in [2.05, 4.69) is 9.35 Å². The van der Waals surface area contributed by atoms with Gasteiger partial charge >= 0.3 is 0 Å². The van der Waals surface area contributed by atoms with Gasteiger partial charge in [0.2, 0.25) is 0 Å². The van der Waals surface area contributed by atoms with Gasteiger partial charge in [-0.15, -0.1) is 0 Å². The first kappa shape index (κ1) is 16.0. The van der Waals surface area contributed by atoms with Crippen LogP contribution in [0, 0.1) is 11.3 Å². The van der Waals surface area contributed by atoms with Crippen LogP contribution in [0.5, 0.6) is 5.75 Å². The highest BCUT2D eigenvalue weighted by molar-refractivity contribution is 7.93. The maximum Gasteiger partial charge on any atom is 0.145 e. The number of methoxy groups -OCH3 is 1. The third-order valence-corrected chi connectivity index (χ3v) is 5.32. The Morgan fingerprint density at radius 2 is 1.92 bits per heavy atom. The molecule has 2 aromatic carbocycles. The van der Waals surface area contributed by atoms with Crippen molar-refractivity contribution in [3.63, 3.8) is 0 Å². The van der Waals surface area contributed by atoms with Gasteiger partial charge in [0.1, 0.15) is 11.3 Å². The predicted molar refractivity (Wildman–Crippen MR) is 93.9 cm³/mol. The molecule has 0 aliphatic carbocycles. The van der Waals surface area contributed by atoms with Gasteiger partial charge in [-0.2, -0.15) is 9.62 Å². The van der Waals surface area contributed by atoms with Crippen molar-refractivity contribution in [1.29, 1.82) is 5.26 Å². The first-order chi connectivity index (χ1) is 11.5. The highest BCUT2D eigenvalue weighted by atomic mass is 32.2. The van der Waals surface area contributed by atoms with Gasteiger partial charge in [0.25, 0.3) is 0 Å². The fraction of sp³-hybridized carbons (Fsp3) is 0.111. The number of hydrogen-bond donors (Lipinski definition) is 0. The van der Waals surface area contributed by atoms with Crippen molar-refractivity contribution in [3.8, 4) is 11.8 Å². The van der Waals surface area contributed by atoms with Gasteiger partial charge < -0.3 is 4.74 Å². The van der Waals surface area contributed by atoms with E-state index in [-0.39, 0.29) is 0 Å². The van der Waals surface area contributed by atoms with Crippen LogP contribution in [0.1, 0.15) is 5.56 Å². The summed E-state index contributed by atoms with van der Waals surface area (Å²) < 4.78 is 22.8. The van der Waals surface area contributed by atoms with Gasteiger partial charge in [-0.05, 0) is 36.4 Å². The number of aromatic nitrogens is 1. The lowest BCUT2D eigenvalue weighted by molar-refractivity contribution is 0.419. The van der Waals surface area contributed by atoms with Crippen molar-refractivity contribution < 1.29 is 8.95 Å². The molecule has 0 saturated heterocycles. The molecular weight excluding hydrogens is 322 g/mol. The maximum atomic E-state index is 13.1. The second-order valence-corrected chi connectivity index (χ2v) is 7.48. The molecule has 1 aromatic heterocycles. The van der Waals surface area contributed by atoms with Crippen molar-refractivity contribution in [2.75, 3.05) is 13.4 Å². The van der Waals surface area contributed by atoms with E-state index in [0.717, 1.165) is 5.39 Å². The van der Waals surface area contributed by atoms with Gasteiger partial charge in [-0.25, -0.2) is 4.21 Å². The second-order valence-electron chi connectivity index (χ2n) is 5.22. The van der Waals surface area contributed by atoms with E-state index in [1.807, 2.05) is 24.3 Å². The molecule has 5 nitrogen and oxygen atoms in total. The molecule has 0 fully saturated rings. The van der Waals surface area contributed by atoms with E-state index < -0.39 is 9.73 Å². The third kappa shape index (κ3) is 2.94. The molecule has 120 valence electrons. The standard InChI is InChI=1S/C18H15N3O2S/c1-23-17-5-3-4-15-16(10-11-20-18(15)17)21-24(2,22)14-8-6-13(12-19)7-9-14/h3-11H,1-2H3. The Kier molecular flexibility index (Phi) is 4.19. The lowest BCUT2D eigenvalue weighted by Gasteiger charge is -2.08. The molecule has 3 aromatic rings. The van der Waals surface area contributed by atoms with Gasteiger partial charge in [-0.1, -0.05) is 12.1 Å². The Morgan fingerprint density at radius 3 is 2.58 bits per heavy atom. The zero-order chi connectivity index (χ0) is 17.2. The highest BCUT2D eigenvalue weighted by Crippen LogP contribution is 2.31. The summed E-state index contributed by atoms with van der Waals surface area (Å²) in [5.41, 5.74) is 1.79. The summed E-state index contributed by atoms with van der Waals surface area (Å²) in [7, 11) is -1.07. The van der Waals surface area contributed by atoms with Crippen molar-refractivity contribution in [2.45, 2.75) is 4.90 Å². The molecule has 0 aliphatic rings. The Hall–Kier alpha value is -2.91. The smallest absolute Gasteiger partial charge is 0.145 e. The number of rotatable bonds is 3. The van der Waals surface area contributed by atoms with E-state index in [9.17, 15) is 4.21 Å². The fourth-order valence-corrected chi connectivity index (χ4v) is 3.68. The molecular formula is C18H15N3O2S. The van der Waals surface area contributed by atoms with Gasteiger partial charge in [0.15, 0.2) is 0 Å². The molecule has 0 saturated carbocycles. The van der Waals surface area contributed by atoms with Crippen molar-refractivity contribution in [2.24, 2.45) is 4.36 Å². The maximum absolute atomic E-state index is 13.1. The largest absolute Gasteiger partial charge is 0.494 e. The topological polar surface area (TPSA) is 75.3 Å². The van der Waals surface area contributed by atoms with Crippen molar-refractivity contribution >= 4 is 26.3 Å². The third-order valence-electron chi connectivity index (χ3n) is 3.62. The fourth-order valence-electron chi connectivity index (χ4n) is 2.40. The van der Waals surface area contributed by atoms with E-state index in [1.165, 1.54) is 0 Å². The van der Waals surface area contributed by atoms with Crippen LogP contribution in [-0.4, -0.2) is 22.6 Å². The van der Waals surface area contributed by atoms with Crippen LogP contribution in [0.3, 0.4) is 0 Å². The summed E-state index contributed by atoms with van der Waals surface area (Å²) in [5, 5.41) is 9.65. The number of benzene rings is 2. The number of fused-ring (bicyclic) bond motifs is 1. The molecule has 1 unspecified atom stereocenters. The number of nitrogens with zero attached hydrogens (tertiary/aromatic N) is 3. The van der Waals surface area contributed by atoms with Crippen LogP contribution in [0.2, 0.25) is 0 Å². The Bertz CT molecular complexity index is 1060. The SMILES string of the molecule is COc1cccc2c(N=S(C)(=O)c3ccc(C#N)cc3)ccnc12. The lowest BCUT2D eigenvalue weighted by Crippen LogP contribution is -1.97. The van der Waals surface area contributed by atoms with Gasteiger partial charge in [0, 0.05) is 22.7 Å². The Labute approximate surface area is 140 Å². The lowest BCUT2D eigenvalue weighted by atomic mass is 10.2. The van der Waals surface area contributed by atoms with Crippen LogP contribution in [-0.2, 0) is 9.73 Å². The van der Waals surface area contributed by atoms with E-state index in [1.54, 1.807) is 49.9 Å². The minimum absolute atomic E-state index is 0.521. The van der Waals surface area contributed by atoms with Crippen LogP contribution in [0.25, 0.3) is 10.9 Å². The van der Waals surface area contributed by atoms with Crippen molar-refractivity contribution in [1.82, 2.24) is 4.98 Å². The minimum Gasteiger partial charge on any atom is -0.494 e. The molecule has 6 heteroatoms. The normalized spacial score (nSPS) is 13.0. The molecule has 0 spiro atoms. The first-order valence-electron chi connectivity index (χ1n) is 7.19. The Balaban J connectivity index is 2.18. The Morgan fingerprint density at radius 1 is 1.17 bits per heavy atom. The molecule has 0 amide bonds. The summed E-state index contributed by atoms with van der Waals surface area (Å²) >= 11 is 0. The van der Waals surface area contributed by atoms with Gasteiger partial charge in [-0.3, -0.25) is 4.98 Å². The zero-order valence-electron chi connectivity index (χ0n) is 13.3. The molecule has 0 bridgehead atoms. The zero-order valence-corrected chi connectivity index (χ0v) is 14.1. The molecule has 0 radical (unpaired) electrons. The predicted octanol–water partition coefficient (Wildman–Crippen LogP) is 3.90.